The van der Waals surface area contributed by atoms with Gasteiger partial charge in [0.2, 0.25) is 0 Å². The summed E-state index contributed by atoms with van der Waals surface area (Å²) in [5, 5.41) is 11.7. The summed E-state index contributed by atoms with van der Waals surface area (Å²) in [7, 11) is 1.86. The van der Waals surface area contributed by atoms with Crippen LogP contribution in [0.1, 0.15) is 16.7 Å². The first-order valence-electron chi connectivity index (χ1n) is 7.53. The minimum atomic E-state index is -0.337. The number of benzene rings is 2. The van der Waals surface area contributed by atoms with Crippen LogP contribution >= 0.6 is 15.9 Å². The molecule has 0 unspecified atom stereocenters. The van der Waals surface area contributed by atoms with Gasteiger partial charge in [0.25, 0.3) is 0 Å². The van der Waals surface area contributed by atoms with Crippen molar-refractivity contribution in [2.24, 2.45) is 10.4 Å². The molecule has 7 heteroatoms. The minimum absolute atomic E-state index is 0.333. The summed E-state index contributed by atoms with van der Waals surface area (Å²) in [5.74, 6) is 0.195. The van der Waals surface area contributed by atoms with E-state index in [1.807, 2.05) is 44.1 Å². The van der Waals surface area contributed by atoms with E-state index < -0.39 is 0 Å². The van der Waals surface area contributed by atoms with Gasteiger partial charge in [-0.3, -0.25) is 5.01 Å². The standard InChI is InChI=1S/C17H18BrFN4O/c1-11-5-4-6-16(23-10-22(3)20-21-23)13(11)9-24-17-8-15(19)14(18)7-12(17)2/h4-8H,9-10H2,1-3H3. The van der Waals surface area contributed by atoms with Crippen molar-refractivity contribution in [1.82, 2.24) is 5.01 Å². The summed E-state index contributed by atoms with van der Waals surface area (Å²) in [4.78, 5) is 0. The van der Waals surface area contributed by atoms with Gasteiger partial charge in [0.05, 0.1) is 10.2 Å². The Balaban J connectivity index is 1.85. The molecule has 126 valence electrons. The summed E-state index contributed by atoms with van der Waals surface area (Å²) >= 11 is 3.19. The molecular formula is C17H18BrFN4O. The van der Waals surface area contributed by atoms with Gasteiger partial charge >= 0.3 is 0 Å². The lowest BCUT2D eigenvalue weighted by Crippen LogP contribution is -2.23. The lowest BCUT2D eigenvalue weighted by molar-refractivity contribution is 0.301. The molecule has 3 rings (SSSR count). The predicted molar refractivity (Wildman–Crippen MR) is 94.3 cm³/mol. The molecule has 1 aliphatic rings. The molecule has 0 fully saturated rings. The van der Waals surface area contributed by atoms with Crippen molar-refractivity contribution in [2.45, 2.75) is 20.5 Å². The van der Waals surface area contributed by atoms with Crippen LogP contribution in [-0.2, 0) is 6.61 Å². The van der Waals surface area contributed by atoms with E-state index >= 15 is 0 Å². The Bertz CT molecular complexity index is 796. The summed E-state index contributed by atoms with van der Waals surface area (Å²) in [5.41, 5.74) is 3.92. The van der Waals surface area contributed by atoms with Crippen LogP contribution in [0.15, 0.2) is 45.3 Å². The number of halogens is 2. The van der Waals surface area contributed by atoms with Crippen LogP contribution in [0.5, 0.6) is 5.75 Å². The molecule has 24 heavy (non-hydrogen) atoms. The van der Waals surface area contributed by atoms with E-state index in [0.717, 1.165) is 22.4 Å². The molecule has 0 spiro atoms. The van der Waals surface area contributed by atoms with Crippen LogP contribution in [0.3, 0.4) is 0 Å². The predicted octanol–water partition coefficient (Wildman–Crippen LogP) is 4.78. The number of hydrogen-bond acceptors (Lipinski definition) is 5. The second-order valence-electron chi connectivity index (χ2n) is 5.77. The quantitative estimate of drug-likeness (QED) is 0.751. The largest absolute Gasteiger partial charge is 0.488 e. The average Bonchev–Trinajstić information content (AvgIpc) is 2.97. The molecule has 1 aliphatic heterocycles. The fraction of sp³-hybridized carbons (Fsp3) is 0.294. The molecule has 0 radical (unpaired) electrons. The van der Waals surface area contributed by atoms with Crippen LogP contribution in [-0.4, -0.2) is 18.7 Å². The molecule has 0 aromatic heterocycles. The first-order chi connectivity index (χ1) is 11.5. The maximum Gasteiger partial charge on any atom is 0.141 e. The zero-order chi connectivity index (χ0) is 17.3. The van der Waals surface area contributed by atoms with Crippen molar-refractivity contribution in [3.8, 4) is 5.75 Å². The summed E-state index contributed by atoms with van der Waals surface area (Å²) in [6, 6.07) is 9.10. The zero-order valence-electron chi connectivity index (χ0n) is 13.8. The van der Waals surface area contributed by atoms with Crippen molar-refractivity contribution in [3.63, 3.8) is 0 Å². The molecule has 0 saturated heterocycles. The first-order valence-corrected chi connectivity index (χ1v) is 8.32. The van der Waals surface area contributed by atoms with Gasteiger partial charge in [-0.25, -0.2) is 9.40 Å². The van der Waals surface area contributed by atoms with Gasteiger partial charge < -0.3 is 4.74 Å². The Morgan fingerprint density at radius 1 is 1.21 bits per heavy atom. The van der Waals surface area contributed by atoms with E-state index in [2.05, 4.69) is 26.4 Å². The van der Waals surface area contributed by atoms with E-state index in [4.69, 9.17) is 4.74 Å². The maximum absolute atomic E-state index is 13.8. The number of aryl methyl sites for hydroxylation is 2. The third kappa shape index (κ3) is 3.36. The highest BCUT2D eigenvalue weighted by Gasteiger charge is 2.19. The Labute approximate surface area is 148 Å². The van der Waals surface area contributed by atoms with Gasteiger partial charge in [-0.15, -0.1) is 0 Å². The fourth-order valence-electron chi connectivity index (χ4n) is 2.54. The van der Waals surface area contributed by atoms with Crippen LogP contribution < -0.4 is 9.75 Å². The molecule has 1 heterocycles. The lowest BCUT2D eigenvalue weighted by atomic mass is 10.1. The molecule has 5 nitrogen and oxygen atoms in total. The van der Waals surface area contributed by atoms with Crippen LogP contribution in [0, 0.1) is 19.7 Å². The molecule has 0 aliphatic carbocycles. The van der Waals surface area contributed by atoms with Gasteiger partial charge in [-0.1, -0.05) is 17.4 Å². The summed E-state index contributed by atoms with van der Waals surface area (Å²) in [6.07, 6.45) is 0. The monoisotopic (exact) mass is 392 g/mol. The van der Waals surface area contributed by atoms with E-state index in [-0.39, 0.29) is 5.82 Å². The molecule has 0 bridgehead atoms. The minimum Gasteiger partial charge on any atom is -0.488 e. The Hall–Kier alpha value is -2.15. The number of rotatable bonds is 4. The van der Waals surface area contributed by atoms with E-state index in [1.54, 1.807) is 11.1 Å². The Morgan fingerprint density at radius 3 is 2.71 bits per heavy atom. The average molecular weight is 393 g/mol. The van der Waals surface area contributed by atoms with Crippen molar-refractivity contribution in [2.75, 3.05) is 18.7 Å². The first kappa shape index (κ1) is 16.7. The molecule has 2 aromatic carbocycles. The summed E-state index contributed by atoms with van der Waals surface area (Å²) in [6.45, 7) is 4.83. The number of nitrogens with zero attached hydrogens (tertiary/aromatic N) is 4. The second kappa shape index (κ2) is 6.76. The summed E-state index contributed by atoms with van der Waals surface area (Å²) < 4.78 is 20.1. The maximum atomic E-state index is 13.8. The van der Waals surface area contributed by atoms with Crippen molar-refractivity contribution >= 4 is 21.6 Å². The van der Waals surface area contributed by atoms with Crippen molar-refractivity contribution in [1.29, 1.82) is 0 Å². The molecule has 0 N–H and O–H groups in total. The molecular weight excluding hydrogens is 375 g/mol. The molecule has 0 amide bonds. The highest BCUT2D eigenvalue weighted by Crippen LogP contribution is 2.30. The highest BCUT2D eigenvalue weighted by molar-refractivity contribution is 9.10. The van der Waals surface area contributed by atoms with Gasteiger partial charge in [0.15, 0.2) is 0 Å². The van der Waals surface area contributed by atoms with E-state index in [0.29, 0.717) is 23.5 Å². The number of ether oxygens (including phenoxy) is 1. The van der Waals surface area contributed by atoms with Crippen molar-refractivity contribution in [3.05, 3.63) is 57.3 Å². The third-order valence-corrected chi connectivity index (χ3v) is 4.50. The molecule has 0 saturated carbocycles. The van der Waals surface area contributed by atoms with Crippen LogP contribution in [0.4, 0.5) is 10.1 Å². The molecule has 2 aromatic rings. The topological polar surface area (TPSA) is 40.4 Å². The van der Waals surface area contributed by atoms with Crippen LogP contribution in [0.25, 0.3) is 0 Å². The molecule has 0 atom stereocenters. The van der Waals surface area contributed by atoms with E-state index in [9.17, 15) is 4.39 Å². The van der Waals surface area contributed by atoms with Gasteiger partial charge in [-0.05, 0) is 58.3 Å². The fourth-order valence-corrected chi connectivity index (χ4v) is 3.00. The SMILES string of the molecule is Cc1cc(Br)c(F)cc1OCc1c(C)cccc1N1CN(C)N=N1. The Kier molecular flexibility index (Phi) is 4.71. The van der Waals surface area contributed by atoms with Gasteiger partial charge in [0, 0.05) is 18.7 Å². The van der Waals surface area contributed by atoms with Crippen molar-refractivity contribution < 1.29 is 9.13 Å². The van der Waals surface area contributed by atoms with E-state index in [1.165, 1.54) is 6.07 Å². The Morgan fingerprint density at radius 2 is 2.00 bits per heavy atom. The smallest absolute Gasteiger partial charge is 0.141 e. The normalized spacial score (nSPS) is 13.7. The van der Waals surface area contributed by atoms with Gasteiger partial charge in [-0.2, -0.15) is 0 Å². The third-order valence-electron chi connectivity index (χ3n) is 3.89. The number of hydrogen-bond donors (Lipinski definition) is 0. The second-order valence-corrected chi connectivity index (χ2v) is 6.62. The van der Waals surface area contributed by atoms with Gasteiger partial charge in [0.1, 0.15) is 24.8 Å². The number of anilines is 1. The zero-order valence-corrected chi connectivity index (χ0v) is 15.3. The van der Waals surface area contributed by atoms with Crippen LogP contribution in [0.2, 0.25) is 0 Å². The highest BCUT2D eigenvalue weighted by atomic mass is 79.9. The lowest BCUT2D eigenvalue weighted by Gasteiger charge is -2.20.